The summed E-state index contributed by atoms with van der Waals surface area (Å²) in [4.78, 5) is 44.2. The number of piperazine rings is 1. The molecule has 2 saturated heterocycles. The normalized spacial score (nSPS) is 19.4. The second-order valence-electron chi connectivity index (χ2n) is 6.75. The minimum atomic E-state index is -0.358. The summed E-state index contributed by atoms with van der Waals surface area (Å²) in [6.45, 7) is 4.93. The first kappa shape index (κ1) is 20.1. The van der Waals surface area contributed by atoms with Crippen molar-refractivity contribution in [2.45, 2.75) is 25.9 Å². The lowest BCUT2D eigenvalue weighted by molar-refractivity contribution is 0.0570. The number of ether oxygens (including phenoxy) is 2. The highest BCUT2D eigenvalue weighted by atomic mass is 16.6. The van der Waals surface area contributed by atoms with Crippen LogP contribution < -0.4 is 5.32 Å². The number of hydrogen-bond donors (Lipinski definition) is 1. The highest BCUT2D eigenvalue weighted by Crippen LogP contribution is 2.12. The molecule has 3 rings (SSSR count). The fourth-order valence-electron chi connectivity index (χ4n) is 3.28. The molecule has 2 fully saturated rings. The van der Waals surface area contributed by atoms with Gasteiger partial charge in [-0.1, -0.05) is 0 Å². The van der Waals surface area contributed by atoms with E-state index in [4.69, 9.17) is 9.47 Å². The van der Waals surface area contributed by atoms with Crippen molar-refractivity contribution in [1.82, 2.24) is 20.1 Å². The molecule has 9 heteroatoms. The molecule has 1 unspecified atom stereocenters. The number of carbonyl (C=O) groups is 3. The van der Waals surface area contributed by atoms with Gasteiger partial charge in [0.25, 0.3) is 11.8 Å². The predicted molar refractivity (Wildman–Crippen MR) is 100 cm³/mol. The molecule has 3 amide bonds. The zero-order valence-corrected chi connectivity index (χ0v) is 16.1. The average Bonchev–Trinajstić information content (AvgIpc) is 3.25. The second kappa shape index (κ2) is 9.50. The van der Waals surface area contributed by atoms with Gasteiger partial charge >= 0.3 is 6.09 Å². The molecule has 0 spiro atoms. The second-order valence-corrected chi connectivity index (χ2v) is 6.75. The van der Waals surface area contributed by atoms with Crippen molar-refractivity contribution in [2.75, 3.05) is 45.9 Å². The van der Waals surface area contributed by atoms with Crippen LogP contribution in [0.5, 0.6) is 0 Å². The van der Waals surface area contributed by atoms with Gasteiger partial charge in [0, 0.05) is 51.1 Å². The Kier molecular flexibility index (Phi) is 6.80. The molecule has 2 aliphatic rings. The van der Waals surface area contributed by atoms with Crippen molar-refractivity contribution in [2.24, 2.45) is 0 Å². The maximum atomic E-state index is 12.8. The molecule has 1 N–H and O–H groups in total. The molecule has 0 bridgehead atoms. The molecule has 1 aromatic rings. The van der Waals surface area contributed by atoms with Crippen LogP contribution in [0, 0.1) is 0 Å². The molecular formula is C19H26N4O5. The SMILES string of the molecule is CCOC(=O)N1CCN(C(=O)c2ccnc(C(=O)NCC3CCCO3)c2)CC1. The molecule has 2 aliphatic heterocycles. The van der Waals surface area contributed by atoms with Gasteiger partial charge in [-0.05, 0) is 31.9 Å². The van der Waals surface area contributed by atoms with E-state index in [2.05, 4.69) is 10.3 Å². The Labute approximate surface area is 164 Å². The third-order valence-electron chi connectivity index (χ3n) is 4.85. The van der Waals surface area contributed by atoms with Crippen molar-refractivity contribution < 1.29 is 23.9 Å². The smallest absolute Gasteiger partial charge is 0.409 e. The van der Waals surface area contributed by atoms with Gasteiger partial charge in [0.1, 0.15) is 5.69 Å². The van der Waals surface area contributed by atoms with Crippen LogP contribution in [0.3, 0.4) is 0 Å². The van der Waals surface area contributed by atoms with E-state index in [1.54, 1.807) is 22.8 Å². The number of aromatic nitrogens is 1. The number of carbonyl (C=O) groups excluding carboxylic acids is 3. The van der Waals surface area contributed by atoms with Crippen LogP contribution in [0.4, 0.5) is 4.79 Å². The summed E-state index contributed by atoms with van der Waals surface area (Å²) in [7, 11) is 0. The fraction of sp³-hybridized carbons (Fsp3) is 0.579. The van der Waals surface area contributed by atoms with Crippen LogP contribution in [0.25, 0.3) is 0 Å². The molecule has 1 aromatic heterocycles. The van der Waals surface area contributed by atoms with Gasteiger partial charge in [0.15, 0.2) is 0 Å². The van der Waals surface area contributed by atoms with Gasteiger partial charge < -0.3 is 24.6 Å². The zero-order chi connectivity index (χ0) is 19.9. The molecule has 0 aliphatic carbocycles. The number of nitrogens with zero attached hydrogens (tertiary/aromatic N) is 3. The van der Waals surface area contributed by atoms with Gasteiger partial charge in [-0.25, -0.2) is 4.79 Å². The van der Waals surface area contributed by atoms with Crippen LogP contribution in [0.2, 0.25) is 0 Å². The highest BCUT2D eigenvalue weighted by Gasteiger charge is 2.26. The maximum Gasteiger partial charge on any atom is 0.409 e. The van der Waals surface area contributed by atoms with Crippen molar-refractivity contribution in [3.63, 3.8) is 0 Å². The first-order chi connectivity index (χ1) is 13.6. The molecule has 0 radical (unpaired) electrons. The summed E-state index contributed by atoms with van der Waals surface area (Å²) in [6.07, 6.45) is 3.09. The minimum absolute atomic E-state index is 0.0458. The van der Waals surface area contributed by atoms with Crippen LogP contribution >= 0.6 is 0 Å². The molecule has 28 heavy (non-hydrogen) atoms. The van der Waals surface area contributed by atoms with E-state index in [1.165, 1.54) is 12.3 Å². The average molecular weight is 390 g/mol. The van der Waals surface area contributed by atoms with E-state index in [0.717, 1.165) is 19.4 Å². The predicted octanol–water partition coefficient (Wildman–Crippen LogP) is 0.905. The van der Waals surface area contributed by atoms with Crippen molar-refractivity contribution in [1.29, 1.82) is 0 Å². The van der Waals surface area contributed by atoms with Gasteiger partial charge in [-0.2, -0.15) is 0 Å². The lowest BCUT2D eigenvalue weighted by Gasteiger charge is -2.34. The third kappa shape index (κ3) is 4.98. The fourth-order valence-corrected chi connectivity index (χ4v) is 3.28. The van der Waals surface area contributed by atoms with Crippen LogP contribution in [-0.4, -0.2) is 84.7 Å². The Bertz CT molecular complexity index is 712. The van der Waals surface area contributed by atoms with Crippen molar-refractivity contribution in [3.05, 3.63) is 29.6 Å². The van der Waals surface area contributed by atoms with Gasteiger partial charge in [-0.15, -0.1) is 0 Å². The maximum absolute atomic E-state index is 12.8. The number of amides is 3. The summed E-state index contributed by atoms with van der Waals surface area (Å²) in [6, 6.07) is 3.10. The molecule has 1 atom stereocenters. The number of hydrogen-bond acceptors (Lipinski definition) is 6. The van der Waals surface area contributed by atoms with Crippen LogP contribution in [0.1, 0.15) is 40.6 Å². The van der Waals surface area contributed by atoms with E-state index in [1.807, 2.05) is 0 Å². The highest BCUT2D eigenvalue weighted by molar-refractivity contribution is 5.98. The Morgan fingerprint density at radius 2 is 2.00 bits per heavy atom. The summed E-state index contributed by atoms with van der Waals surface area (Å²) in [5.74, 6) is -0.503. The van der Waals surface area contributed by atoms with Crippen LogP contribution in [0.15, 0.2) is 18.3 Å². The molecule has 0 saturated carbocycles. The van der Waals surface area contributed by atoms with E-state index in [-0.39, 0.29) is 29.7 Å². The Balaban J connectivity index is 1.55. The standard InChI is InChI=1S/C19H26N4O5/c1-2-27-19(26)23-9-7-22(8-10-23)18(25)14-5-6-20-16(12-14)17(24)21-13-15-4-3-11-28-15/h5-6,12,15H,2-4,7-11,13H2,1H3,(H,21,24). The van der Waals surface area contributed by atoms with Crippen molar-refractivity contribution in [3.8, 4) is 0 Å². The molecular weight excluding hydrogens is 364 g/mol. The molecule has 9 nitrogen and oxygen atoms in total. The Hall–Kier alpha value is -2.68. The topological polar surface area (TPSA) is 101 Å². The Morgan fingerprint density at radius 1 is 1.25 bits per heavy atom. The van der Waals surface area contributed by atoms with Crippen molar-refractivity contribution >= 4 is 17.9 Å². The molecule has 3 heterocycles. The van der Waals surface area contributed by atoms with Gasteiger partial charge in [0.05, 0.1) is 12.7 Å². The lowest BCUT2D eigenvalue weighted by atomic mass is 10.1. The number of pyridine rings is 1. The third-order valence-corrected chi connectivity index (χ3v) is 4.85. The van der Waals surface area contributed by atoms with E-state index in [0.29, 0.717) is 44.9 Å². The Morgan fingerprint density at radius 3 is 2.68 bits per heavy atom. The summed E-state index contributed by atoms with van der Waals surface area (Å²) in [5, 5.41) is 2.81. The zero-order valence-electron chi connectivity index (χ0n) is 16.1. The molecule has 0 aromatic carbocycles. The number of nitrogens with one attached hydrogen (secondary N) is 1. The van der Waals surface area contributed by atoms with Crippen LogP contribution in [-0.2, 0) is 9.47 Å². The summed E-state index contributed by atoms with van der Waals surface area (Å²) >= 11 is 0. The first-order valence-corrected chi connectivity index (χ1v) is 9.65. The van der Waals surface area contributed by atoms with Gasteiger partial charge in [0.2, 0.25) is 0 Å². The monoisotopic (exact) mass is 390 g/mol. The van der Waals surface area contributed by atoms with E-state index < -0.39 is 0 Å². The van der Waals surface area contributed by atoms with Gasteiger partial charge in [-0.3, -0.25) is 14.6 Å². The largest absolute Gasteiger partial charge is 0.450 e. The minimum Gasteiger partial charge on any atom is -0.450 e. The summed E-state index contributed by atoms with van der Waals surface area (Å²) in [5.41, 5.74) is 0.607. The first-order valence-electron chi connectivity index (χ1n) is 9.65. The quantitative estimate of drug-likeness (QED) is 0.802. The molecule has 152 valence electrons. The van der Waals surface area contributed by atoms with E-state index >= 15 is 0 Å². The summed E-state index contributed by atoms with van der Waals surface area (Å²) < 4.78 is 10.5. The van der Waals surface area contributed by atoms with E-state index in [9.17, 15) is 14.4 Å². The number of rotatable bonds is 5. The lowest BCUT2D eigenvalue weighted by Crippen LogP contribution is -2.50.